The van der Waals surface area contributed by atoms with Crippen molar-refractivity contribution in [1.29, 1.82) is 0 Å². The maximum Gasteiger partial charge on any atom is 0.407 e. The zero-order valence-electron chi connectivity index (χ0n) is 15.4. The van der Waals surface area contributed by atoms with Crippen LogP contribution in [0.2, 0.25) is 0 Å². The summed E-state index contributed by atoms with van der Waals surface area (Å²) in [5.41, 5.74) is -1.44. The largest absolute Gasteiger partial charge is 0.750 e. The molecule has 2 unspecified atom stereocenters. The Morgan fingerprint density at radius 3 is 2.20 bits per heavy atom. The van der Waals surface area contributed by atoms with Crippen molar-refractivity contribution in [2.24, 2.45) is 5.41 Å². The second-order valence-corrected chi connectivity index (χ2v) is 9.73. The van der Waals surface area contributed by atoms with Crippen molar-refractivity contribution in [3.63, 3.8) is 0 Å². The van der Waals surface area contributed by atoms with Gasteiger partial charge in [-0.1, -0.05) is 13.8 Å². The van der Waals surface area contributed by atoms with Gasteiger partial charge in [-0.05, 0) is 46.0 Å². The fourth-order valence-electron chi connectivity index (χ4n) is 2.04. The zero-order valence-corrected chi connectivity index (χ0v) is 17.0. The Labute approximate surface area is 152 Å². The van der Waals surface area contributed by atoms with Crippen molar-refractivity contribution in [1.82, 2.24) is 5.32 Å². The minimum absolute atomic E-state index is 0.0608. The molecule has 150 valence electrons. The SMILES string of the molecule is CC(OS(=O)[O-])C(C)(C)C[C@@H](CCS(=O)(=O)O)NC(=O)OC(C)(C)C. The summed E-state index contributed by atoms with van der Waals surface area (Å²) in [7, 11) is -4.21. The number of ether oxygens (including phenoxy) is 1. The third kappa shape index (κ3) is 12.3. The van der Waals surface area contributed by atoms with Crippen molar-refractivity contribution in [2.75, 3.05) is 5.75 Å². The number of hydrogen-bond donors (Lipinski definition) is 2. The Kier molecular flexibility index (Phi) is 8.99. The first kappa shape index (κ1) is 24.2. The Morgan fingerprint density at radius 1 is 1.28 bits per heavy atom. The fraction of sp³-hybridized carbons (Fsp3) is 0.929. The van der Waals surface area contributed by atoms with Gasteiger partial charge in [0.2, 0.25) is 0 Å². The van der Waals surface area contributed by atoms with Gasteiger partial charge in [0.15, 0.2) is 0 Å². The summed E-state index contributed by atoms with van der Waals surface area (Å²) < 4.78 is 62.3. The smallest absolute Gasteiger partial charge is 0.407 e. The first-order valence-electron chi connectivity index (χ1n) is 7.73. The Hall–Kier alpha value is -0.750. The summed E-state index contributed by atoms with van der Waals surface area (Å²) >= 11 is -2.70. The molecule has 2 N–H and O–H groups in total. The quantitative estimate of drug-likeness (QED) is 0.439. The number of alkyl carbamates (subject to hydrolysis) is 1. The molecule has 0 aliphatic heterocycles. The molecular weight excluding hydrogens is 374 g/mol. The molecule has 9 nitrogen and oxygen atoms in total. The molecule has 0 bridgehead atoms. The van der Waals surface area contributed by atoms with E-state index in [1.165, 1.54) is 0 Å². The van der Waals surface area contributed by atoms with Crippen LogP contribution in [0.25, 0.3) is 0 Å². The molecule has 0 aromatic carbocycles. The third-order valence-electron chi connectivity index (χ3n) is 3.54. The van der Waals surface area contributed by atoms with Crippen molar-refractivity contribution < 1.29 is 35.4 Å². The fourth-order valence-corrected chi connectivity index (χ4v) is 3.12. The average molecular weight is 403 g/mol. The van der Waals surface area contributed by atoms with Gasteiger partial charge in [0.25, 0.3) is 10.1 Å². The van der Waals surface area contributed by atoms with Gasteiger partial charge in [-0.25, -0.2) is 9.00 Å². The van der Waals surface area contributed by atoms with E-state index < -0.39 is 56.5 Å². The molecule has 0 aromatic rings. The summed E-state index contributed by atoms with van der Waals surface area (Å²) in [6.07, 6.45) is -1.29. The topological polar surface area (TPSA) is 142 Å². The number of carbonyl (C=O) groups excluding carboxylic acids is 1. The molecule has 25 heavy (non-hydrogen) atoms. The van der Waals surface area contributed by atoms with Gasteiger partial charge in [0.1, 0.15) is 5.60 Å². The van der Waals surface area contributed by atoms with Crippen LogP contribution in [0, 0.1) is 5.41 Å². The first-order valence-corrected chi connectivity index (χ1v) is 10.3. The molecule has 0 fully saturated rings. The maximum atomic E-state index is 12.0. The molecule has 0 spiro atoms. The van der Waals surface area contributed by atoms with Crippen LogP contribution in [0.1, 0.15) is 54.4 Å². The predicted octanol–water partition coefficient (Wildman–Crippen LogP) is 1.77. The summed E-state index contributed by atoms with van der Waals surface area (Å²) in [5, 5.41) is 2.56. The van der Waals surface area contributed by atoms with E-state index in [4.69, 9.17) is 13.5 Å². The average Bonchev–Trinajstić information content (AvgIpc) is 2.31. The van der Waals surface area contributed by atoms with Gasteiger partial charge in [-0.3, -0.25) is 8.74 Å². The van der Waals surface area contributed by atoms with Crippen LogP contribution in [-0.2, 0) is 30.4 Å². The lowest BCUT2D eigenvalue weighted by atomic mass is 9.80. The maximum absolute atomic E-state index is 12.0. The van der Waals surface area contributed by atoms with Crippen LogP contribution < -0.4 is 5.32 Å². The third-order valence-corrected chi connectivity index (χ3v) is 4.74. The summed E-state index contributed by atoms with van der Waals surface area (Å²) in [6.45, 7) is 10.1. The van der Waals surface area contributed by atoms with E-state index in [-0.39, 0.29) is 12.8 Å². The highest BCUT2D eigenvalue weighted by Gasteiger charge is 2.32. The van der Waals surface area contributed by atoms with E-state index in [0.29, 0.717) is 0 Å². The van der Waals surface area contributed by atoms with Gasteiger partial charge in [-0.15, -0.1) is 0 Å². The molecular formula is C14H28NO8S2-. The van der Waals surface area contributed by atoms with Gasteiger partial charge < -0.3 is 14.6 Å². The van der Waals surface area contributed by atoms with Crippen molar-refractivity contribution in [3.8, 4) is 0 Å². The van der Waals surface area contributed by atoms with Gasteiger partial charge >= 0.3 is 6.09 Å². The Balaban J connectivity index is 5.11. The van der Waals surface area contributed by atoms with Crippen LogP contribution in [0.4, 0.5) is 4.79 Å². The molecule has 0 saturated carbocycles. The van der Waals surface area contributed by atoms with E-state index in [9.17, 15) is 22.0 Å². The normalized spacial score (nSPS) is 16.8. The van der Waals surface area contributed by atoms with E-state index in [1.807, 2.05) is 0 Å². The van der Waals surface area contributed by atoms with Gasteiger partial charge in [0.05, 0.1) is 23.2 Å². The minimum atomic E-state index is -4.21. The lowest BCUT2D eigenvalue weighted by Gasteiger charge is -2.35. The molecule has 0 heterocycles. The summed E-state index contributed by atoms with van der Waals surface area (Å²) in [6, 6.07) is -0.669. The Bertz CT molecular complexity index is 568. The van der Waals surface area contributed by atoms with Crippen LogP contribution in [0.15, 0.2) is 0 Å². The number of hydrogen-bond acceptors (Lipinski definition) is 7. The predicted molar refractivity (Wildman–Crippen MR) is 92.1 cm³/mol. The van der Waals surface area contributed by atoms with Crippen LogP contribution >= 0.6 is 0 Å². The first-order chi connectivity index (χ1) is 11.0. The standard InChI is InChI=1S/C14H29NO8S2/c1-10(23-24(17)18)14(5,6)9-11(7-8-25(19,20)21)15-12(16)22-13(2,3)4/h10-11H,7-9H2,1-6H3,(H,15,16)(H,17,18)(H,19,20,21)/p-1/t10?,11-/m1/s1. The van der Waals surface area contributed by atoms with Crippen molar-refractivity contribution >= 4 is 27.6 Å². The highest BCUT2D eigenvalue weighted by Crippen LogP contribution is 2.30. The number of nitrogens with one attached hydrogen (secondary N) is 1. The molecule has 0 aliphatic rings. The van der Waals surface area contributed by atoms with E-state index in [1.54, 1.807) is 41.5 Å². The monoisotopic (exact) mass is 402 g/mol. The van der Waals surface area contributed by atoms with Crippen LogP contribution in [-0.4, -0.2) is 51.3 Å². The van der Waals surface area contributed by atoms with Gasteiger partial charge in [0, 0.05) is 6.04 Å². The van der Waals surface area contributed by atoms with E-state index in [2.05, 4.69) is 5.32 Å². The minimum Gasteiger partial charge on any atom is -0.750 e. The molecule has 0 radical (unpaired) electrons. The Morgan fingerprint density at radius 2 is 1.80 bits per heavy atom. The number of rotatable bonds is 9. The van der Waals surface area contributed by atoms with Crippen molar-refractivity contribution in [2.45, 2.75) is 72.1 Å². The highest BCUT2D eigenvalue weighted by atomic mass is 32.2. The molecule has 0 rings (SSSR count). The number of amides is 1. The van der Waals surface area contributed by atoms with Crippen molar-refractivity contribution in [3.05, 3.63) is 0 Å². The summed E-state index contributed by atoms with van der Waals surface area (Å²) in [5.74, 6) is -0.549. The molecule has 3 atom stereocenters. The van der Waals surface area contributed by atoms with E-state index >= 15 is 0 Å². The molecule has 0 aliphatic carbocycles. The number of carbonyl (C=O) groups is 1. The second kappa shape index (κ2) is 9.26. The van der Waals surface area contributed by atoms with Gasteiger partial charge in [-0.2, -0.15) is 8.42 Å². The van der Waals surface area contributed by atoms with Crippen LogP contribution in [0.5, 0.6) is 0 Å². The zero-order chi connectivity index (χ0) is 20.1. The second-order valence-electron chi connectivity index (χ2n) is 7.55. The summed E-state index contributed by atoms with van der Waals surface area (Å²) in [4.78, 5) is 12.0. The molecule has 0 saturated heterocycles. The lowest BCUT2D eigenvalue weighted by molar-refractivity contribution is 0.0432. The lowest BCUT2D eigenvalue weighted by Crippen LogP contribution is -2.44. The molecule has 1 amide bonds. The van der Waals surface area contributed by atoms with E-state index in [0.717, 1.165) is 0 Å². The molecule has 0 aromatic heterocycles. The highest BCUT2D eigenvalue weighted by molar-refractivity contribution is 7.85. The van der Waals surface area contributed by atoms with Crippen LogP contribution in [0.3, 0.4) is 0 Å². The molecule has 11 heteroatoms.